The van der Waals surface area contributed by atoms with Crippen molar-refractivity contribution in [1.29, 1.82) is 0 Å². The number of likely N-dealkylation sites (N-methyl/N-ethyl adjacent to an activating group) is 2. The smallest absolute Gasteiger partial charge is 0.220 e. The number of nitrogens with zero attached hydrogens (tertiary/aromatic N) is 2. The minimum absolute atomic E-state index is 0.149. The topological polar surface area (TPSA) is 80.7 Å². The maximum absolute atomic E-state index is 13.2. The van der Waals surface area contributed by atoms with Crippen LogP contribution in [0.4, 0.5) is 0 Å². The number of allylic oxidation sites excluding steroid dienone is 3. The molecule has 3 aromatic rings. The molecule has 0 radical (unpaired) electrons. The molecule has 2 heterocycles. The molecule has 0 saturated heterocycles. The average Bonchev–Trinajstić information content (AvgIpc) is 3.38. The molecule has 3 aromatic carbocycles. The molecule has 0 fully saturated rings. The zero-order valence-electron chi connectivity index (χ0n) is 26.6. The maximum Gasteiger partial charge on any atom is 0.220 e. The second kappa shape index (κ2) is 11.3. The van der Waals surface area contributed by atoms with E-state index in [0.717, 1.165) is 61.2 Å². The summed E-state index contributed by atoms with van der Waals surface area (Å²) in [5, 5.41) is 10.3. The van der Waals surface area contributed by atoms with Crippen LogP contribution in [0.25, 0.3) is 0 Å². The van der Waals surface area contributed by atoms with Crippen LogP contribution < -0.4 is 18.9 Å². The van der Waals surface area contributed by atoms with Crippen LogP contribution in [0.2, 0.25) is 0 Å². The van der Waals surface area contributed by atoms with Crippen LogP contribution in [0.3, 0.4) is 0 Å². The molecule has 45 heavy (non-hydrogen) atoms. The van der Waals surface area contributed by atoms with Gasteiger partial charge in [0.25, 0.3) is 0 Å². The number of rotatable bonds is 7. The molecule has 234 valence electrons. The number of phenolic OH excluding ortho intramolecular Hbond substituents is 1. The van der Waals surface area contributed by atoms with Gasteiger partial charge in [0.15, 0.2) is 28.8 Å². The molecule has 8 heteroatoms. The number of ketones is 1. The molecule has 4 aliphatic rings. The monoisotopic (exact) mass is 608 g/mol. The number of ether oxygens (including phenoxy) is 4. The van der Waals surface area contributed by atoms with E-state index in [1.165, 1.54) is 16.7 Å². The molecule has 8 nitrogen and oxygen atoms in total. The lowest BCUT2D eigenvalue weighted by molar-refractivity contribution is -0.113. The van der Waals surface area contributed by atoms with Crippen molar-refractivity contribution in [2.75, 3.05) is 48.5 Å². The first-order valence-corrected chi connectivity index (χ1v) is 15.6. The highest BCUT2D eigenvalue weighted by molar-refractivity contribution is 6.04. The third-order valence-electron chi connectivity index (χ3n) is 10.2. The Kier molecular flexibility index (Phi) is 7.37. The van der Waals surface area contributed by atoms with Crippen molar-refractivity contribution in [2.24, 2.45) is 0 Å². The highest BCUT2D eigenvalue weighted by Gasteiger charge is 2.49. The first kappa shape index (κ1) is 29.4. The standard InChI is InChI=1S/C37H40N2O6/c1-38-14-11-23-17-30(41)31(42-3)19-26(23)27(38)16-22-6-8-25(9-7-22)45-33-21-37(13-10-29(33)40)20-28-34-24(12-15-39(28)2)18-32(43-4)36(44-5)35(34)37/h6-10,13,17-19,21,27-28,41H,11-12,14-16,20H2,1-5H3/t27-,28-,37+/m1/s1. The minimum atomic E-state index is -0.551. The Bertz CT molecular complexity index is 1730. The van der Waals surface area contributed by atoms with Crippen molar-refractivity contribution in [2.45, 2.75) is 43.2 Å². The molecule has 1 spiro atoms. The number of carbonyl (C=O) groups excluding carboxylic acids is 1. The molecule has 7 rings (SSSR count). The minimum Gasteiger partial charge on any atom is -0.504 e. The Hall–Kier alpha value is -4.27. The molecule has 0 amide bonds. The third-order valence-corrected chi connectivity index (χ3v) is 10.2. The molecule has 0 aromatic heterocycles. The number of hydrogen-bond acceptors (Lipinski definition) is 8. The Morgan fingerprint density at radius 1 is 0.911 bits per heavy atom. The van der Waals surface area contributed by atoms with E-state index in [1.54, 1.807) is 27.4 Å². The fourth-order valence-electron chi connectivity index (χ4n) is 7.80. The van der Waals surface area contributed by atoms with Gasteiger partial charge in [-0.3, -0.25) is 14.6 Å². The normalized spacial score (nSPS) is 23.8. The molecule has 3 atom stereocenters. The highest BCUT2D eigenvalue weighted by Crippen LogP contribution is 2.58. The van der Waals surface area contributed by atoms with E-state index in [0.29, 0.717) is 23.0 Å². The van der Waals surface area contributed by atoms with E-state index in [9.17, 15) is 9.90 Å². The van der Waals surface area contributed by atoms with Gasteiger partial charge in [-0.1, -0.05) is 18.2 Å². The van der Waals surface area contributed by atoms with E-state index in [4.69, 9.17) is 18.9 Å². The fourth-order valence-corrected chi connectivity index (χ4v) is 7.80. The highest BCUT2D eigenvalue weighted by atomic mass is 16.5. The van der Waals surface area contributed by atoms with Crippen molar-refractivity contribution in [1.82, 2.24) is 9.80 Å². The van der Waals surface area contributed by atoms with Gasteiger partial charge >= 0.3 is 0 Å². The quantitative estimate of drug-likeness (QED) is 0.379. The van der Waals surface area contributed by atoms with Crippen molar-refractivity contribution in [3.05, 3.63) is 99.8 Å². The number of fused-ring (bicyclic) bond motifs is 2. The molecule has 0 saturated carbocycles. The van der Waals surface area contributed by atoms with E-state index >= 15 is 0 Å². The number of hydrogen-bond donors (Lipinski definition) is 1. The molecular formula is C37H40N2O6. The molecule has 0 unspecified atom stereocenters. The largest absolute Gasteiger partial charge is 0.504 e. The number of methoxy groups -OCH3 is 3. The Morgan fingerprint density at radius 2 is 1.64 bits per heavy atom. The summed E-state index contributed by atoms with van der Waals surface area (Å²) in [5.74, 6) is 2.88. The van der Waals surface area contributed by atoms with Crippen LogP contribution in [0, 0.1) is 0 Å². The predicted molar refractivity (Wildman–Crippen MR) is 172 cm³/mol. The molecule has 2 aliphatic heterocycles. The number of benzene rings is 3. The summed E-state index contributed by atoms with van der Waals surface area (Å²) in [4.78, 5) is 17.9. The van der Waals surface area contributed by atoms with Gasteiger partial charge in [-0.05, 0) is 110 Å². The van der Waals surface area contributed by atoms with Crippen LogP contribution in [0.5, 0.6) is 28.7 Å². The zero-order valence-corrected chi connectivity index (χ0v) is 26.6. The Labute approximate surface area is 264 Å². The molecule has 2 aliphatic carbocycles. The van der Waals surface area contributed by atoms with Gasteiger partial charge in [0, 0.05) is 36.2 Å². The van der Waals surface area contributed by atoms with Crippen LogP contribution in [-0.2, 0) is 29.5 Å². The summed E-state index contributed by atoms with van der Waals surface area (Å²) in [6.45, 7) is 1.87. The van der Waals surface area contributed by atoms with Crippen molar-refractivity contribution in [3.8, 4) is 28.7 Å². The summed E-state index contributed by atoms with van der Waals surface area (Å²) < 4.78 is 23.5. The summed E-state index contributed by atoms with van der Waals surface area (Å²) in [5.41, 5.74) is 6.55. The van der Waals surface area contributed by atoms with Crippen molar-refractivity contribution < 1.29 is 28.8 Å². The fraction of sp³-hybridized carbons (Fsp3) is 0.378. The zero-order chi connectivity index (χ0) is 31.5. The Morgan fingerprint density at radius 3 is 2.38 bits per heavy atom. The van der Waals surface area contributed by atoms with Gasteiger partial charge in [0.05, 0.1) is 21.3 Å². The van der Waals surface area contributed by atoms with Gasteiger partial charge in [0.2, 0.25) is 5.78 Å². The van der Waals surface area contributed by atoms with E-state index in [2.05, 4.69) is 42.1 Å². The molecular weight excluding hydrogens is 568 g/mol. The SMILES string of the molecule is COc1cc2c(cc1O)CCN(C)[C@@H]2Cc1ccc(OC2=C[C@]3(C=CC2=O)C[C@@H]2c4c(cc(OC)c(OC)c43)CCN2C)cc1. The van der Waals surface area contributed by atoms with Crippen molar-refractivity contribution >= 4 is 5.78 Å². The summed E-state index contributed by atoms with van der Waals surface area (Å²) in [6.07, 6.45) is 9.06. The number of carbonyl (C=O) groups is 1. The second-order valence-corrected chi connectivity index (χ2v) is 12.7. The van der Waals surface area contributed by atoms with Crippen LogP contribution >= 0.6 is 0 Å². The van der Waals surface area contributed by atoms with E-state index in [-0.39, 0.29) is 23.6 Å². The van der Waals surface area contributed by atoms with Gasteiger partial charge in [-0.2, -0.15) is 0 Å². The molecule has 0 bridgehead atoms. The lowest BCUT2D eigenvalue weighted by Crippen LogP contribution is -2.33. The van der Waals surface area contributed by atoms with E-state index < -0.39 is 5.41 Å². The number of phenols is 1. The van der Waals surface area contributed by atoms with Gasteiger partial charge in [-0.25, -0.2) is 0 Å². The summed E-state index contributed by atoms with van der Waals surface area (Å²) >= 11 is 0. The van der Waals surface area contributed by atoms with Crippen molar-refractivity contribution in [3.63, 3.8) is 0 Å². The second-order valence-electron chi connectivity index (χ2n) is 12.7. The maximum atomic E-state index is 13.2. The first-order chi connectivity index (χ1) is 21.7. The summed E-state index contributed by atoms with van der Waals surface area (Å²) in [7, 11) is 9.23. The lowest BCUT2D eigenvalue weighted by Gasteiger charge is -2.35. The van der Waals surface area contributed by atoms with Gasteiger partial charge < -0.3 is 24.1 Å². The van der Waals surface area contributed by atoms with Gasteiger partial charge in [0.1, 0.15) is 5.75 Å². The lowest BCUT2D eigenvalue weighted by atomic mass is 9.77. The first-order valence-electron chi connectivity index (χ1n) is 15.6. The average molecular weight is 609 g/mol. The predicted octanol–water partition coefficient (Wildman–Crippen LogP) is 5.46. The molecule has 1 N–H and O–H groups in total. The van der Waals surface area contributed by atoms with Gasteiger partial charge in [-0.15, -0.1) is 0 Å². The number of aromatic hydroxyl groups is 1. The van der Waals surface area contributed by atoms with Crippen LogP contribution in [0.1, 0.15) is 51.9 Å². The third kappa shape index (κ3) is 4.87. The van der Waals surface area contributed by atoms with Crippen LogP contribution in [0.15, 0.2) is 66.5 Å². The summed E-state index contributed by atoms with van der Waals surface area (Å²) in [6, 6.07) is 14.3. The Balaban J connectivity index is 1.17. The van der Waals surface area contributed by atoms with Crippen LogP contribution in [-0.4, -0.2) is 69.2 Å². The van der Waals surface area contributed by atoms with E-state index in [1.807, 2.05) is 36.4 Å².